The van der Waals surface area contributed by atoms with Gasteiger partial charge in [0.25, 0.3) is 0 Å². The van der Waals surface area contributed by atoms with Gasteiger partial charge >= 0.3 is 32.3 Å². The van der Waals surface area contributed by atoms with E-state index in [4.69, 9.17) is 0 Å². The summed E-state index contributed by atoms with van der Waals surface area (Å²) in [4.78, 5) is 0. The van der Waals surface area contributed by atoms with Crippen molar-refractivity contribution in [3.63, 3.8) is 0 Å². The van der Waals surface area contributed by atoms with Gasteiger partial charge < -0.3 is 0 Å². The Labute approximate surface area is 93.7 Å². The largest absolute Gasteiger partial charge is 0 e. The Hall–Kier alpha value is 3.04. The average Bonchev–Trinajstić information content (AvgIpc) is 0.918. The van der Waals surface area contributed by atoms with Crippen LogP contribution in [0.3, 0.4) is 0 Å². The van der Waals surface area contributed by atoms with Crippen LogP contribution in [-0.4, -0.2) is 31.5 Å². The standard InChI is InChI=1S/Al.BH2.H3Si.Ti.Zn.Zr.3H/h;1H2;1H3;;;;;;/q;+1;;-1;;;;;. The first-order valence-corrected chi connectivity index (χ1v) is 8.25. The van der Waals surface area contributed by atoms with Gasteiger partial charge in [0.2, 0.25) is 0 Å². The van der Waals surface area contributed by atoms with Crippen molar-refractivity contribution in [3.8, 4) is 0 Å². The summed E-state index contributed by atoms with van der Waals surface area (Å²) >= 11 is 0.639. The van der Waals surface area contributed by atoms with E-state index in [1.54, 1.807) is 0 Å². The van der Waals surface area contributed by atoms with Crippen LogP contribution in [0.5, 0.6) is 0 Å². The summed E-state index contributed by atoms with van der Waals surface area (Å²) < 4.78 is 0. The van der Waals surface area contributed by atoms with Gasteiger partial charge in [0, 0.05) is 45.7 Å². The molecular weight excluding hydrogens is 270 g/mol. The monoisotopic (exact) mass is 276 g/mol. The summed E-state index contributed by atoms with van der Waals surface area (Å²) in [6.45, 7) is 0. The van der Waals surface area contributed by atoms with E-state index in [9.17, 15) is 0 Å². The third-order valence-corrected chi connectivity index (χ3v) is 0. The maximum Gasteiger partial charge on any atom is 0 e. The van der Waals surface area contributed by atoms with E-state index in [2.05, 4.69) is 6.02 Å². The van der Waals surface area contributed by atoms with Crippen molar-refractivity contribution in [2.45, 2.75) is 0 Å². The fraction of sp³-hybridized carbons (Fsp3) is 0. The first-order chi connectivity index (χ1) is 1.41. The van der Waals surface area contributed by atoms with E-state index in [1.165, 1.54) is 8.11 Å². The van der Waals surface area contributed by atoms with Gasteiger partial charge in [0.05, 0.1) is 0 Å². The number of hydrogen-bond donors (Lipinski definition) is 0. The molecule has 0 aliphatic carbocycles. The van der Waals surface area contributed by atoms with E-state index >= 15 is 0 Å². The number of rotatable bonds is 0. The third-order valence-electron chi connectivity index (χ3n) is 0. The van der Waals surface area contributed by atoms with Gasteiger partial charge in [-0.1, -0.05) is 0 Å². The quantitative estimate of drug-likeness (QED) is 0.408. The van der Waals surface area contributed by atoms with Gasteiger partial charge in [-0.15, -0.1) is 0 Å². The Morgan fingerprint density at radius 1 is 1.50 bits per heavy atom. The average molecular weight is 278 g/mol. The van der Waals surface area contributed by atoms with E-state index < -0.39 is 0 Å². The van der Waals surface area contributed by atoms with Gasteiger partial charge in [0.1, 0.15) is 0 Å². The molecule has 0 saturated heterocycles. The van der Waals surface area contributed by atoms with Crippen LogP contribution in [0, 0.1) is 0 Å². The molecule has 0 atom stereocenters. The van der Waals surface area contributed by atoms with Crippen molar-refractivity contribution in [1.82, 2.24) is 0 Å². The van der Waals surface area contributed by atoms with Gasteiger partial charge in [0.15, 0.2) is 17.4 Å². The molecule has 0 aromatic carbocycles. The molecule has 6 heavy (non-hydrogen) atoms. The molecule has 0 rings (SSSR count). The predicted molar refractivity (Wildman–Crippen MR) is 28.4 cm³/mol. The van der Waals surface area contributed by atoms with Crippen molar-refractivity contribution < 1.29 is 63.9 Å². The zero-order chi connectivity index (χ0) is 2.71. The van der Waals surface area contributed by atoms with Crippen LogP contribution in [0.15, 0.2) is 0 Å². The summed E-state index contributed by atoms with van der Waals surface area (Å²) in [7, 11) is 1.49. The van der Waals surface area contributed by atoms with Gasteiger partial charge in [-0.25, -0.2) is 0 Å². The molecule has 0 N–H and O–H groups in total. The minimum absolute atomic E-state index is 0. The van der Waals surface area contributed by atoms with Crippen molar-refractivity contribution >= 4 is 31.5 Å². The Bertz CT molecular complexity index is 15.5. The van der Waals surface area contributed by atoms with Crippen LogP contribution in [0.2, 0.25) is 0 Å². The fourth-order valence-corrected chi connectivity index (χ4v) is 0. The summed E-state index contributed by atoms with van der Waals surface area (Å²) in [6, 6.07) is 2.31. The Morgan fingerprint density at radius 3 is 1.50 bits per heavy atom. The molecule has 0 heterocycles. The first-order valence-electron chi connectivity index (χ1n) is 1.00. The number of hydrogen-bond acceptors (Lipinski definition) is 0. The Balaban J connectivity index is -0.00000000667. The van der Waals surface area contributed by atoms with E-state index in [1.807, 2.05) is 0 Å². The molecule has 28 valence electrons. The molecule has 0 amide bonds. The molecule has 0 aliphatic rings. The van der Waals surface area contributed by atoms with Crippen molar-refractivity contribution in [1.29, 1.82) is 0 Å². The van der Waals surface area contributed by atoms with Crippen LogP contribution in [0.25, 0.3) is 0 Å². The van der Waals surface area contributed by atoms with Crippen molar-refractivity contribution in [3.05, 3.63) is 0 Å². The molecule has 6 heteroatoms. The third kappa shape index (κ3) is 27.8. The zero-order valence-electron chi connectivity index (χ0n) is 3.71. The van der Waals surface area contributed by atoms with Crippen LogP contribution < -0.4 is 0 Å². The normalized spacial score (nSPS) is 2.67. The van der Waals surface area contributed by atoms with Crippen molar-refractivity contribution in [2.24, 2.45) is 0 Å². The summed E-state index contributed by atoms with van der Waals surface area (Å²) in [5.74, 6) is 0. The molecule has 0 aliphatic heterocycles. The second kappa shape index (κ2) is 24.4. The SMILES string of the molecule is [AlH3].[BH2][Ti][SiH3].[Zn].[Zr]. The minimum Gasteiger partial charge on any atom is 0 e. The maximum absolute atomic E-state index is 2.31. The second-order valence-corrected chi connectivity index (χ2v) is 6.18. The molecule has 0 spiro atoms. The summed E-state index contributed by atoms with van der Waals surface area (Å²) in [5, 5.41) is 0. The summed E-state index contributed by atoms with van der Waals surface area (Å²) in [6.07, 6.45) is 0. The van der Waals surface area contributed by atoms with E-state index in [0.29, 0.717) is 18.2 Å². The summed E-state index contributed by atoms with van der Waals surface area (Å²) in [5.41, 5.74) is 0. The predicted octanol–water partition coefficient (Wildman–Crippen LogP) is -3.29. The van der Waals surface area contributed by atoms with E-state index in [0.717, 1.165) is 0 Å². The molecule has 0 unspecified atom stereocenters. The molecule has 0 bridgehead atoms. The Kier molecular flexibility index (Phi) is 93.7. The van der Waals surface area contributed by atoms with Crippen LogP contribution in [-0.2, 0) is 63.9 Å². The van der Waals surface area contributed by atoms with Crippen LogP contribution in [0.1, 0.15) is 0 Å². The molecule has 0 aromatic rings. The second-order valence-electron chi connectivity index (χ2n) is 0.500. The maximum atomic E-state index is 2.31. The fourth-order valence-electron chi connectivity index (χ4n) is 0. The molecule has 0 nitrogen and oxygen atoms in total. The smallest absolute Gasteiger partial charge is 0 e. The molecule has 0 saturated carbocycles. The van der Waals surface area contributed by atoms with Crippen LogP contribution in [0.4, 0.5) is 0 Å². The van der Waals surface area contributed by atoms with Gasteiger partial charge in [-0.3, -0.25) is 0 Å². The minimum atomic E-state index is 0. The Morgan fingerprint density at radius 2 is 1.50 bits per heavy atom. The molecular formula is H8AlBSiTiZnZr. The van der Waals surface area contributed by atoms with Crippen molar-refractivity contribution in [2.75, 3.05) is 0 Å². The molecule has 0 fully saturated rings. The van der Waals surface area contributed by atoms with Crippen LogP contribution >= 0.6 is 0 Å². The van der Waals surface area contributed by atoms with Gasteiger partial charge in [-0.05, 0) is 0 Å². The zero-order valence-corrected chi connectivity index (χ0v) is 12.7. The van der Waals surface area contributed by atoms with E-state index in [-0.39, 0.29) is 63.0 Å². The van der Waals surface area contributed by atoms with Gasteiger partial charge in [-0.2, -0.15) is 0 Å². The topological polar surface area (TPSA) is 0 Å². The molecule has 0 aromatic heterocycles. The molecule has 0 radical (unpaired) electrons. The first kappa shape index (κ1) is 23.0.